The topological polar surface area (TPSA) is 21.3 Å². The van der Waals surface area contributed by atoms with Crippen molar-refractivity contribution in [1.82, 2.24) is 5.32 Å². The second-order valence-corrected chi connectivity index (χ2v) is 5.15. The summed E-state index contributed by atoms with van der Waals surface area (Å²) in [6, 6.07) is 9.68. The Morgan fingerprint density at radius 1 is 1.10 bits per heavy atom. The lowest BCUT2D eigenvalue weighted by Gasteiger charge is -2.12. The van der Waals surface area contributed by atoms with E-state index in [9.17, 15) is 4.39 Å². The Bertz CT molecular complexity index is 604. The quantitative estimate of drug-likeness (QED) is 0.881. The van der Waals surface area contributed by atoms with Crippen LogP contribution in [0.25, 0.3) is 0 Å². The Hall–Kier alpha value is -1.29. The van der Waals surface area contributed by atoms with Gasteiger partial charge in [-0.15, -0.1) is 0 Å². The van der Waals surface area contributed by atoms with Crippen molar-refractivity contribution in [2.75, 3.05) is 7.05 Å². The first-order valence-corrected chi connectivity index (χ1v) is 6.85. The largest absolute Gasteiger partial charge is 0.489 e. The van der Waals surface area contributed by atoms with Crippen LogP contribution >= 0.6 is 23.2 Å². The summed E-state index contributed by atoms with van der Waals surface area (Å²) in [5.74, 6) is 0.346. The van der Waals surface area contributed by atoms with E-state index in [1.807, 2.05) is 6.07 Å². The Morgan fingerprint density at radius 3 is 2.60 bits per heavy atom. The number of benzene rings is 2. The van der Waals surface area contributed by atoms with Gasteiger partial charge in [0.1, 0.15) is 18.2 Å². The molecule has 106 valence electrons. The van der Waals surface area contributed by atoms with Crippen LogP contribution in [-0.2, 0) is 13.2 Å². The zero-order valence-electron chi connectivity index (χ0n) is 10.9. The molecule has 0 saturated heterocycles. The van der Waals surface area contributed by atoms with Crippen LogP contribution in [0, 0.1) is 5.82 Å². The fraction of sp³-hybridized carbons (Fsp3) is 0.200. The average Bonchev–Trinajstić information content (AvgIpc) is 2.40. The molecule has 2 rings (SSSR count). The first-order valence-electron chi connectivity index (χ1n) is 6.10. The summed E-state index contributed by atoms with van der Waals surface area (Å²) in [5, 5.41) is 4.11. The highest BCUT2D eigenvalue weighted by Gasteiger charge is 2.07. The lowest BCUT2D eigenvalue weighted by Crippen LogP contribution is -2.08. The predicted octanol–water partition coefficient (Wildman–Crippen LogP) is 4.43. The van der Waals surface area contributed by atoms with Crippen LogP contribution in [-0.4, -0.2) is 7.05 Å². The van der Waals surface area contributed by atoms with Gasteiger partial charge in [0, 0.05) is 27.7 Å². The third-order valence-corrected chi connectivity index (χ3v) is 3.37. The molecular weight excluding hydrogens is 300 g/mol. The van der Waals surface area contributed by atoms with Crippen molar-refractivity contribution in [3.05, 3.63) is 63.4 Å². The Morgan fingerprint density at radius 2 is 1.90 bits per heavy atom. The van der Waals surface area contributed by atoms with Gasteiger partial charge in [-0.05, 0) is 37.4 Å². The van der Waals surface area contributed by atoms with Crippen molar-refractivity contribution in [2.45, 2.75) is 13.2 Å². The van der Waals surface area contributed by atoms with E-state index in [1.165, 1.54) is 12.1 Å². The minimum absolute atomic E-state index is 0.285. The van der Waals surface area contributed by atoms with Crippen LogP contribution in [0.15, 0.2) is 36.4 Å². The van der Waals surface area contributed by atoms with E-state index >= 15 is 0 Å². The molecule has 2 aromatic rings. The van der Waals surface area contributed by atoms with Crippen molar-refractivity contribution in [3.8, 4) is 5.75 Å². The Labute approximate surface area is 127 Å². The van der Waals surface area contributed by atoms with Crippen molar-refractivity contribution in [1.29, 1.82) is 0 Å². The molecule has 0 heterocycles. The summed E-state index contributed by atoms with van der Waals surface area (Å²) in [4.78, 5) is 0. The summed E-state index contributed by atoms with van der Waals surface area (Å²) in [6.07, 6.45) is 0. The molecule has 1 N–H and O–H groups in total. The van der Waals surface area contributed by atoms with Crippen molar-refractivity contribution in [3.63, 3.8) is 0 Å². The van der Waals surface area contributed by atoms with Gasteiger partial charge in [-0.3, -0.25) is 0 Å². The summed E-state index contributed by atoms with van der Waals surface area (Å²) in [6.45, 7) is 0.833. The van der Waals surface area contributed by atoms with E-state index in [-0.39, 0.29) is 5.82 Å². The number of nitrogens with one attached hydrogen (secondary N) is 1. The van der Waals surface area contributed by atoms with Gasteiger partial charge in [0.25, 0.3) is 0 Å². The van der Waals surface area contributed by atoms with Crippen LogP contribution in [0.3, 0.4) is 0 Å². The van der Waals surface area contributed by atoms with Gasteiger partial charge in [-0.1, -0.05) is 29.3 Å². The van der Waals surface area contributed by atoms with Gasteiger partial charge in [-0.2, -0.15) is 0 Å². The fourth-order valence-corrected chi connectivity index (χ4v) is 2.27. The summed E-state index contributed by atoms with van der Waals surface area (Å²) < 4.78 is 18.9. The SMILES string of the molecule is CNCc1cc(F)ccc1OCc1ccc(Cl)cc1Cl. The number of hydrogen-bond acceptors (Lipinski definition) is 2. The standard InChI is InChI=1S/C15H14Cl2FNO/c1-19-8-11-6-13(18)4-5-15(11)20-9-10-2-3-12(16)7-14(10)17/h2-7,19H,8-9H2,1H3. The molecule has 0 aliphatic carbocycles. The zero-order valence-corrected chi connectivity index (χ0v) is 12.4. The highest BCUT2D eigenvalue weighted by molar-refractivity contribution is 6.35. The second kappa shape index (κ2) is 6.93. The lowest BCUT2D eigenvalue weighted by molar-refractivity contribution is 0.302. The molecule has 0 amide bonds. The van der Waals surface area contributed by atoms with Crippen LogP contribution in [0.4, 0.5) is 4.39 Å². The zero-order chi connectivity index (χ0) is 14.5. The minimum atomic E-state index is -0.285. The molecule has 0 spiro atoms. The van der Waals surface area contributed by atoms with E-state index in [4.69, 9.17) is 27.9 Å². The molecule has 5 heteroatoms. The lowest BCUT2D eigenvalue weighted by atomic mass is 10.2. The molecule has 0 atom stereocenters. The summed E-state index contributed by atoms with van der Waals surface area (Å²) >= 11 is 11.9. The normalized spacial score (nSPS) is 10.6. The van der Waals surface area contributed by atoms with Crippen LogP contribution in [0.1, 0.15) is 11.1 Å². The van der Waals surface area contributed by atoms with Crippen molar-refractivity contribution in [2.24, 2.45) is 0 Å². The number of ether oxygens (including phenoxy) is 1. The average molecular weight is 314 g/mol. The molecule has 0 aliphatic heterocycles. The van der Waals surface area contributed by atoms with Crippen molar-refractivity contribution >= 4 is 23.2 Å². The number of halogens is 3. The van der Waals surface area contributed by atoms with E-state index in [0.29, 0.717) is 28.9 Å². The first-order chi connectivity index (χ1) is 9.60. The molecular formula is C15H14Cl2FNO. The van der Waals surface area contributed by atoms with Gasteiger partial charge in [-0.25, -0.2) is 4.39 Å². The molecule has 0 bridgehead atoms. The third-order valence-electron chi connectivity index (χ3n) is 2.79. The maximum atomic E-state index is 13.2. The monoisotopic (exact) mass is 313 g/mol. The van der Waals surface area contributed by atoms with E-state index in [1.54, 1.807) is 25.2 Å². The molecule has 0 fully saturated rings. The van der Waals surface area contributed by atoms with Gasteiger partial charge in [0.15, 0.2) is 0 Å². The highest BCUT2D eigenvalue weighted by atomic mass is 35.5. The van der Waals surface area contributed by atoms with Gasteiger partial charge in [0.2, 0.25) is 0 Å². The predicted molar refractivity (Wildman–Crippen MR) is 80.0 cm³/mol. The Kier molecular flexibility index (Phi) is 5.24. The highest BCUT2D eigenvalue weighted by Crippen LogP contribution is 2.25. The molecule has 0 aromatic heterocycles. The Balaban J connectivity index is 2.14. The smallest absolute Gasteiger partial charge is 0.124 e. The molecule has 0 aliphatic rings. The summed E-state index contributed by atoms with van der Waals surface area (Å²) in [5.41, 5.74) is 1.59. The second-order valence-electron chi connectivity index (χ2n) is 4.31. The maximum absolute atomic E-state index is 13.2. The minimum Gasteiger partial charge on any atom is -0.489 e. The van der Waals surface area contributed by atoms with Gasteiger partial charge < -0.3 is 10.1 Å². The van der Waals surface area contributed by atoms with Crippen LogP contribution in [0.5, 0.6) is 5.75 Å². The fourth-order valence-electron chi connectivity index (χ4n) is 1.81. The molecule has 0 radical (unpaired) electrons. The van der Waals surface area contributed by atoms with Crippen LogP contribution in [0.2, 0.25) is 10.0 Å². The molecule has 20 heavy (non-hydrogen) atoms. The molecule has 0 unspecified atom stereocenters. The number of hydrogen-bond donors (Lipinski definition) is 1. The van der Waals surface area contributed by atoms with Crippen LogP contribution < -0.4 is 10.1 Å². The third kappa shape index (κ3) is 3.85. The van der Waals surface area contributed by atoms with Crippen molar-refractivity contribution < 1.29 is 9.13 Å². The molecule has 2 aromatic carbocycles. The number of rotatable bonds is 5. The summed E-state index contributed by atoms with van der Waals surface area (Å²) in [7, 11) is 1.80. The molecule has 0 saturated carbocycles. The van der Waals surface area contributed by atoms with E-state index < -0.39 is 0 Å². The molecule has 2 nitrogen and oxygen atoms in total. The first kappa shape index (κ1) is 15.1. The van der Waals surface area contributed by atoms with E-state index in [2.05, 4.69) is 5.32 Å². The maximum Gasteiger partial charge on any atom is 0.124 e. The van der Waals surface area contributed by atoms with Gasteiger partial charge >= 0.3 is 0 Å². The van der Waals surface area contributed by atoms with E-state index in [0.717, 1.165) is 11.1 Å². The van der Waals surface area contributed by atoms with Gasteiger partial charge in [0.05, 0.1) is 0 Å².